The van der Waals surface area contributed by atoms with Gasteiger partial charge in [-0.25, -0.2) is 4.98 Å². The number of nitrogens with zero attached hydrogens (tertiary/aromatic N) is 3. The number of fused-ring (bicyclic) bond motifs is 3. The largest absolute Gasteiger partial charge is 0.374 e. The second-order valence-corrected chi connectivity index (χ2v) is 14.2. The number of hydrogen-bond donors (Lipinski definition) is 1. The highest BCUT2D eigenvalue weighted by Crippen LogP contribution is 2.38. The van der Waals surface area contributed by atoms with E-state index in [0.29, 0.717) is 0 Å². The first kappa shape index (κ1) is 33.2. The third-order valence-electron chi connectivity index (χ3n) is 10.7. The summed E-state index contributed by atoms with van der Waals surface area (Å²) in [6.45, 7) is 0. The predicted octanol–water partition coefficient (Wildman–Crippen LogP) is 12.8. The summed E-state index contributed by atoms with van der Waals surface area (Å²) in [5.41, 5.74) is 14.3. The Labute approximate surface area is 326 Å². The molecule has 0 spiro atoms. The summed E-state index contributed by atoms with van der Waals surface area (Å²) in [6, 6.07) is 58.9. The normalized spacial score (nSPS) is 13.7. The van der Waals surface area contributed by atoms with Gasteiger partial charge in [0.15, 0.2) is 0 Å². The summed E-state index contributed by atoms with van der Waals surface area (Å²) >= 11 is 0. The van der Waals surface area contributed by atoms with Gasteiger partial charge >= 0.3 is 0 Å². The zero-order valence-corrected chi connectivity index (χ0v) is 30.5. The van der Waals surface area contributed by atoms with Crippen LogP contribution in [0.4, 0.5) is 0 Å². The monoisotopic (exact) mass is 716 g/mol. The maximum atomic E-state index is 5.06. The summed E-state index contributed by atoms with van der Waals surface area (Å²) in [6.07, 6.45) is 13.8. The van der Waals surface area contributed by atoms with Gasteiger partial charge in [-0.05, 0) is 139 Å². The first-order valence-corrected chi connectivity index (χ1v) is 18.9. The lowest BCUT2D eigenvalue weighted by Crippen LogP contribution is -2.20. The molecular formula is C52H36N4. The smallest absolute Gasteiger partial charge is 0.0710 e. The standard InChI is InChI=1S/C52H36N4/c1-2-12-47-35(7-1)17-18-36-19-20-41(34-48(36)47)46-32-44(39-8-3-10-42(29-39)51-15-5-13-49(55-51)37-21-25-53-26-22-37)31-45(33-46)40-9-4-11-43(30-40)52-16-6-14-50(56-52)38-23-27-54-28-24-38/h1-34,51,55H. The van der Waals surface area contributed by atoms with Crippen molar-refractivity contribution in [3.8, 4) is 55.9 Å². The first-order valence-electron chi connectivity index (χ1n) is 18.9. The van der Waals surface area contributed by atoms with E-state index in [-0.39, 0.29) is 6.04 Å². The van der Waals surface area contributed by atoms with E-state index in [4.69, 9.17) is 4.98 Å². The predicted molar refractivity (Wildman–Crippen MR) is 231 cm³/mol. The summed E-state index contributed by atoms with van der Waals surface area (Å²) in [5, 5.41) is 8.74. The Kier molecular flexibility index (Phi) is 8.54. The number of allylic oxidation sites excluding steroid dienone is 2. The lowest BCUT2D eigenvalue weighted by molar-refractivity contribution is 0.764. The minimum Gasteiger partial charge on any atom is -0.374 e. The molecule has 1 N–H and O–H groups in total. The molecule has 1 aliphatic rings. The first-order chi connectivity index (χ1) is 27.7. The van der Waals surface area contributed by atoms with Crippen molar-refractivity contribution in [2.24, 2.45) is 0 Å². The Morgan fingerprint density at radius 3 is 1.73 bits per heavy atom. The van der Waals surface area contributed by atoms with Crippen LogP contribution in [0.3, 0.4) is 0 Å². The number of rotatable bonds is 7. The molecule has 4 nitrogen and oxygen atoms in total. The van der Waals surface area contributed by atoms with Gasteiger partial charge in [-0.1, -0.05) is 103 Å². The molecule has 0 saturated heterocycles. The molecule has 3 aromatic heterocycles. The quantitative estimate of drug-likeness (QED) is 0.167. The molecule has 1 unspecified atom stereocenters. The molecule has 0 fully saturated rings. The Morgan fingerprint density at radius 2 is 0.964 bits per heavy atom. The van der Waals surface area contributed by atoms with E-state index < -0.39 is 0 Å². The highest BCUT2D eigenvalue weighted by Gasteiger charge is 2.16. The van der Waals surface area contributed by atoms with Crippen LogP contribution >= 0.6 is 0 Å². The van der Waals surface area contributed by atoms with Crippen molar-refractivity contribution >= 4 is 27.2 Å². The van der Waals surface area contributed by atoms with Crippen LogP contribution in [0.15, 0.2) is 207 Å². The average Bonchev–Trinajstić information content (AvgIpc) is 3.29. The van der Waals surface area contributed by atoms with Crippen LogP contribution in [-0.2, 0) is 0 Å². The van der Waals surface area contributed by atoms with Crippen molar-refractivity contribution in [3.05, 3.63) is 218 Å². The van der Waals surface area contributed by atoms with Gasteiger partial charge in [0.05, 0.1) is 17.4 Å². The molecule has 4 heterocycles. The molecule has 9 aromatic rings. The maximum Gasteiger partial charge on any atom is 0.0710 e. The van der Waals surface area contributed by atoms with Crippen LogP contribution < -0.4 is 5.32 Å². The average molecular weight is 717 g/mol. The SMILES string of the molecule is C1=CC(c2cccc(-c3cc(-c4cccc(-c5cccc(-c6ccncc6)n5)c4)cc(-c4ccc5ccc6ccccc6c5c4)c3)c2)NC(c2ccncc2)=C1. The fourth-order valence-electron chi connectivity index (χ4n) is 7.79. The van der Waals surface area contributed by atoms with Crippen molar-refractivity contribution in [2.75, 3.05) is 0 Å². The third-order valence-corrected chi connectivity index (χ3v) is 10.7. The Bertz CT molecular complexity index is 2950. The van der Waals surface area contributed by atoms with Crippen molar-refractivity contribution in [3.63, 3.8) is 0 Å². The van der Waals surface area contributed by atoms with Crippen molar-refractivity contribution in [2.45, 2.75) is 6.04 Å². The molecule has 4 heteroatoms. The van der Waals surface area contributed by atoms with Gasteiger partial charge in [0, 0.05) is 47.2 Å². The van der Waals surface area contributed by atoms with Crippen molar-refractivity contribution in [1.29, 1.82) is 0 Å². The fraction of sp³-hybridized carbons (Fsp3) is 0.0192. The number of hydrogen-bond acceptors (Lipinski definition) is 4. The second-order valence-electron chi connectivity index (χ2n) is 14.2. The van der Waals surface area contributed by atoms with E-state index in [1.807, 2.05) is 55.1 Å². The molecule has 1 atom stereocenters. The molecule has 0 amide bonds. The van der Waals surface area contributed by atoms with Crippen LogP contribution in [0.25, 0.3) is 83.1 Å². The lowest BCUT2D eigenvalue weighted by atomic mass is 9.90. The van der Waals surface area contributed by atoms with Gasteiger partial charge in [0.25, 0.3) is 0 Å². The van der Waals surface area contributed by atoms with Crippen LogP contribution in [-0.4, -0.2) is 15.0 Å². The highest BCUT2D eigenvalue weighted by atomic mass is 14.9. The molecule has 0 bridgehead atoms. The zero-order valence-electron chi connectivity index (χ0n) is 30.5. The topological polar surface area (TPSA) is 50.7 Å². The molecule has 1 aliphatic heterocycles. The number of dihydropyridines is 1. The number of pyridine rings is 3. The third kappa shape index (κ3) is 6.54. The van der Waals surface area contributed by atoms with Crippen LogP contribution in [0.2, 0.25) is 0 Å². The van der Waals surface area contributed by atoms with E-state index in [1.165, 1.54) is 38.2 Å². The van der Waals surface area contributed by atoms with Crippen LogP contribution in [0.5, 0.6) is 0 Å². The van der Waals surface area contributed by atoms with Crippen LogP contribution in [0, 0.1) is 0 Å². The molecule has 0 saturated carbocycles. The minimum atomic E-state index is 0.0339. The summed E-state index contributed by atoms with van der Waals surface area (Å²) in [5.74, 6) is 0. The van der Waals surface area contributed by atoms with E-state index in [9.17, 15) is 0 Å². The van der Waals surface area contributed by atoms with Gasteiger partial charge in [0.2, 0.25) is 0 Å². The second kappa shape index (κ2) is 14.4. The Balaban J connectivity index is 1.08. The minimum absolute atomic E-state index is 0.0339. The van der Waals surface area contributed by atoms with Gasteiger partial charge in [-0.2, -0.15) is 0 Å². The molecule has 264 valence electrons. The maximum absolute atomic E-state index is 5.06. The fourth-order valence-corrected chi connectivity index (χ4v) is 7.79. The summed E-state index contributed by atoms with van der Waals surface area (Å²) in [7, 11) is 0. The van der Waals surface area contributed by atoms with E-state index in [1.54, 1.807) is 0 Å². The van der Waals surface area contributed by atoms with Gasteiger partial charge < -0.3 is 5.32 Å². The Morgan fingerprint density at radius 1 is 0.393 bits per heavy atom. The number of aromatic nitrogens is 3. The van der Waals surface area contributed by atoms with E-state index in [0.717, 1.165) is 56.0 Å². The van der Waals surface area contributed by atoms with Gasteiger partial charge in [-0.15, -0.1) is 0 Å². The molecule has 0 aliphatic carbocycles. The van der Waals surface area contributed by atoms with Crippen LogP contribution in [0.1, 0.15) is 17.2 Å². The molecule has 56 heavy (non-hydrogen) atoms. The molecule has 6 aromatic carbocycles. The van der Waals surface area contributed by atoms with Crippen molar-refractivity contribution < 1.29 is 0 Å². The van der Waals surface area contributed by atoms with Gasteiger partial charge in [-0.3, -0.25) is 9.97 Å². The molecule has 0 radical (unpaired) electrons. The van der Waals surface area contributed by atoms with Crippen molar-refractivity contribution in [1.82, 2.24) is 20.3 Å². The van der Waals surface area contributed by atoms with E-state index >= 15 is 0 Å². The lowest BCUT2D eigenvalue weighted by Gasteiger charge is -2.23. The number of benzene rings is 6. The van der Waals surface area contributed by atoms with E-state index in [2.05, 4.69) is 167 Å². The summed E-state index contributed by atoms with van der Waals surface area (Å²) in [4.78, 5) is 13.5. The zero-order chi connectivity index (χ0) is 37.3. The molecule has 10 rings (SSSR count). The molecular weight excluding hydrogens is 681 g/mol. The number of nitrogens with one attached hydrogen (secondary N) is 1. The van der Waals surface area contributed by atoms with Gasteiger partial charge in [0.1, 0.15) is 0 Å². The Hall–Kier alpha value is -7.43. The summed E-state index contributed by atoms with van der Waals surface area (Å²) < 4.78 is 0. The highest BCUT2D eigenvalue weighted by molar-refractivity contribution is 6.08.